The van der Waals surface area contributed by atoms with E-state index in [0.29, 0.717) is 11.3 Å². The van der Waals surface area contributed by atoms with E-state index < -0.39 is 11.5 Å². The number of primary amides is 1. The largest absolute Gasteiger partial charge is 0.489 e. The van der Waals surface area contributed by atoms with E-state index in [1.807, 2.05) is 30.3 Å². The lowest BCUT2D eigenvalue weighted by Gasteiger charge is -2.24. The van der Waals surface area contributed by atoms with Crippen LogP contribution in [-0.4, -0.2) is 17.6 Å². The molecule has 0 saturated heterocycles. The summed E-state index contributed by atoms with van der Waals surface area (Å²) in [5.41, 5.74) is 5.19. The normalized spacial score (nSPS) is 13.5. The van der Waals surface area contributed by atoms with Crippen molar-refractivity contribution in [3.63, 3.8) is 0 Å². The predicted octanol–water partition coefficient (Wildman–Crippen LogP) is 2.07. The topological polar surface area (TPSA) is 72.6 Å². The summed E-state index contributed by atoms with van der Waals surface area (Å²) >= 11 is 0. The van der Waals surface area contributed by atoms with Crippen molar-refractivity contribution >= 4 is 5.91 Å². The third-order valence-corrected chi connectivity index (χ3v) is 3.06. The van der Waals surface area contributed by atoms with Gasteiger partial charge in [-0.3, -0.25) is 4.79 Å². The highest BCUT2D eigenvalue weighted by Gasteiger charge is 2.24. The standard InChI is InChI=1S/C16H17NO3/c1-16(19,12-7-3-2-4-8-12)11-20-14-10-6-5-9-13(14)15(17)18/h2-10,19H,11H2,1H3,(H2,17,18). The van der Waals surface area contributed by atoms with Gasteiger partial charge >= 0.3 is 0 Å². The molecule has 0 bridgehead atoms. The van der Waals surface area contributed by atoms with Crippen LogP contribution in [0.4, 0.5) is 0 Å². The van der Waals surface area contributed by atoms with Crippen molar-refractivity contribution in [1.82, 2.24) is 0 Å². The van der Waals surface area contributed by atoms with Gasteiger partial charge in [-0.25, -0.2) is 0 Å². The number of carbonyl (C=O) groups excluding carboxylic acids is 1. The van der Waals surface area contributed by atoms with Crippen LogP contribution >= 0.6 is 0 Å². The zero-order valence-electron chi connectivity index (χ0n) is 11.2. The summed E-state index contributed by atoms with van der Waals surface area (Å²) in [6, 6.07) is 15.9. The van der Waals surface area contributed by atoms with Gasteiger partial charge < -0.3 is 15.6 Å². The van der Waals surface area contributed by atoms with Gasteiger partial charge in [-0.1, -0.05) is 42.5 Å². The summed E-state index contributed by atoms with van der Waals surface area (Å²) in [5.74, 6) is -0.184. The fourth-order valence-electron chi connectivity index (χ4n) is 1.89. The molecule has 4 heteroatoms. The fraction of sp³-hybridized carbons (Fsp3) is 0.188. The molecule has 0 aromatic heterocycles. The molecule has 1 atom stereocenters. The number of aliphatic hydroxyl groups is 1. The molecule has 0 aliphatic carbocycles. The molecular formula is C16H17NO3. The third-order valence-electron chi connectivity index (χ3n) is 3.06. The van der Waals surface area contributed by atoms with Gasteiger partial charge in [0.05, 0.1) is 5.56 Å². The molecule has 104 valence electrons. The zero-order valence-corrected chi connectivity index (χ0v) is 11.2. The SMILES string of the molecule is CC(O)(COc1ccccc1C(N)=O)c1ccccc1. The quantitative estimate of drug-likeness (QED) is 0.874. The average molecular weight is 271 g/mol. The van der Waals surface area contributed by atoms with Crippen LogP contribution in [0.5, 0.6) is 5.75 Å². The minimum Gasteiger partial charge on any atom is -0.489 e. The lowest BCUT2D eigenvalue weighted by molar-refractivity contribution is 0.00731. The maximum Gasteiger partial charge on any atom is 0.252 e. The highest BCUT2D eigenvalue weighted by Crippen LogP contribution is 2.24. The molecule has 0 saturated carbocycles. The van der Waals surface area contributed by atoms with Crippen molar-refractivity contribution < 1.29 is 14.6 Å². The first-order valence-corrected chi connectivity index (χ1v) is 6.30. The van der Waals surface area contributed by atoms with Crippen LogP contribution in [0, 0.1) is 0 Å². The third kappa shape index (κ3) is 3.16. The molecule has 2 rings (SSSR count). The van der Waals surface area contributed by atoms with Crippen molar-refractivity contribution in [2.45, 2.75) is 12.5 Å². The lowest BCUT2D eigenvalue weighted by atomic mass is 9.97. The number of ether oxygens (including phenoxy) is 1. The second kappa shape index (κ2) is 5.75. The Kier molecular flexibility index (Phi) is 4.05. The van der Waals surface area contributed by atoms with Gasteiger partial charge in [0.25, 0.3) is 5.91 Å². The van der Waals surface area contributed by atoms with Crippen LogP contribution in [-0.2, 0) is 5.60 Å². The van der Waals surface area contributed by atoms with Crippen LogP contribution in [0.2, 0.25) is 0 Å². The summed E-state index contributed by atoms with van der Waals surface area (Å²) in [5, 5.41) is 10.4. The zero-order chi connectivity index (χ0) is 14.6. The number of hydrogen-bond acceptors (Lipinski definition) is 3. The highest BCUT2D eigenvalue weighted by molar-refractivity contribution is 5.95. The van der Waals surface area contributed by atoms with Crippen LogP contribution < -0.4 is 10.5 Å². The molecule has 2 aromatic carbocycles. The van der Waals surface area contributed by atoms with E-state index in [2.05, 4.69) is 0 Å². The summed E-state index contributed by atoms with van der Waals surface area (Å²) < 4.78 is 5.57. The molecule has 0 aliphatic heterocycles. The molecule has 0 spiro atoms. The molecule has 4 nitrogen and oxygen atoms in total. The van der Waals surface area contributed by atoms with E-state index in [1.54, 1.807) is 31.2 Å². The second-order valence-electron chi connectivity index (χ2n) is 4.79. The number of para-hydroxylation sites is 1. The molecular weight excluding hydrogens is 254 g/mol. The lowest BCUT2D eigenvalue weighted by Crippen LogP contribution is -2.30. The number of benzene rings is 2. The molecule has 1 unspecified atom stereocenters. The van der Waals surface area contributed by atoms with Gasteiger partial charge in [0.1, 0.15) is 18.0 Å². The predicted molar refractivity (Wildman–Crippen MR) is 76.5 cm³/mol. The number of hydrogen-bond donors (Lipinski definition) is 2. The van der Waals surface area contributed by atoms with Crippen molar-refractivity contribution in [3.05, 3.63) is 65.7 Å². The molecule has 20 heavy (non-hydrogen) atoms. The average Bonchev–Trinajstić information content (AvgIpc) is 2.46. The van der Waals surface area contributed by atoms with Crippen LogP contribution in [0.15, 0.2) is 54.6 Å². The Morgan fingerprint density at radius 1 is 1.15 bits per heavy atom. The highest BCUT2D eigenvalue weighted by atomic mass is 16.5. The minimum absolute atomic E-state index is 0.0291. The van der Waals surface area contributed by atoms with Crippen LogP contribution in [0.1, 0.15) is 22.8 Å². The van der Waals surface area contributed by atoms with Gasteiger partial charge in [-0.05, 0) is 24.6 Å². The monoisotopic (exact) mass is 271 g/mol. The summed E-state index contributed by atoms with van der Waals surface area (Å²) in [6.45, 7) is 1.69. The first kappa shape index (κ1) is 14.1. The Morgan fingerprint density at radius 2 is 1.75 bits per heavy atom. The number of rotatable bonds is 5. The smallest absolute Gasteiger partial charge is 0.252 e. The Hall–Kier alpha value is -2.33. The summed E-state index contributed by atoms with van der Waals surface area (Å²) in [4.78, 5) is 11.3. The number of nitrogens with two attached hydrogens (primary N) is 1. The Labute approximate surface area is 117 Å². The number of amides is 1. The van der Waals surface area contributed by atoms with E-state index in [0.717, 1.165) is 5.56 Å². The summed E-state index contributed by atoms with van der Waals surface area (Å²) in [7, 11) is 0. The molecule has 3 N–H and O–H groups in total. The Morgan fingerprint density at radius 3 is 2.40 bits per heavy atom. The van der Waals surface area contributed by atoms with Crippen molar-refractivity contribution in [3.8, 4) is 5.75 Å². The van der Waals surface area contributed by atoms with Gasteiger partial charge in [0.15, 0.2) is 0 Å². The first-order valence-electron chi connectivity index (χ1n) is 6.30. The maximum atomic E-state index is 11.3. The van der Waals surface area contributed by atoms with E-state index in [-0.39, 0.29) is 6.61 Å². The van der Waals surface area contributed by atoms with Gasteiger partial charge in [0, 0.05) is 0 Å². The summed E-state index contributed by atoms with van der Waals surface area (Å²) in [6.07, 6.45) is 0. The first-order chi connectivity index (χ1) is 9.50. The molecule has 0 heterocycles. The minimum atomic E-state index is -1.15. The van der Waals surface area contributed by atoms with Crippen LogP contribution in [0.25, 0.3) is 0 Å². The van der Waals surface area contributed by atoms with Crippen molar-refractivity contribution in [1.29, 1.82) is 0 Å². The molecule has 2 aromatic rings. The van der Waals surface area contributed by atoms with Gasteiger partial charge in [-0.15, -0.1) is 0 Å². The molecule has 0 aliphatic rings. The van der Waals surface area contributed by atoms with E-state index in [9.17, 15) is 9.90 Å². The van der Waals surface area contributed by atoms with Gasteiger partial charge in [0.2, 0.25) is 0 Å². The van der Waals surface area contributed by atoms with E-state index in [4.69, 9.17) is 10.5 Å². The molecule has 1 amide bonds. The number of carbonyl (C=O) groups is 1. The molecule has 0 fully saturated rings. The fourth-order valence-corrected chi connectivity index (χ4v) is 1.89. The molecule has 0 radical (unpaired) electrons. The second-order valence-corrected chi connectivity index (χ2v) is 4.79. The van der Waals surface area contributed by atoms with E-state index in [1.165, 1.54) is 0 Å². The Balaban J connectivity index is 2.15. The Bertz CT molecular complexity index is 594. The van der Waals surface area contributed by atoms with E-state index >= 15 is 0 Å². The van der Waals surface area contributed by atoms with Gasteiger partial charge in [-0.2, -0.15) is 0 Å². The van der Waals surface area contributed by atoms with Crippen molar-refractivity contribution in [2.75, 3.05) is 6.61 Å². The van der Waals surface area contributed by atoms with Crippen molar-refractivity contribution in [2.24, 2.45) is 5.73 Å². The van der Waals surface area contributed by atoms with Crippen LogP contribution in [0.3, 0.4) is 0 Å². The maximum absolute atomic E-state index is 11.3.